The molecule has 1 atom stereocenters. The van der Waals surface area contributed by atoms with Gasteiger partial charge in [0.2, 0.25) is 0 Å². The number of hydrogen-bond donors (Lipinski definition) is 2. The van der Waals surface area contributed by atoms with Gasteiger partial charge in [0, 0.05) is 13.7 Å². The molecule has 0 fully saturated rings. The maximum absolute atomic E-state index is 11.2. The quantitative estimate of drug-likeness (QED) is 0.396. The molecule has 19 heavy (non-hydrogen) atoms. The van der Waals surface area contributed by atoms with Crippen molar-refractivity contribution in [2.45, 2.75) is 19.4 Å². The molecule has 0 aliphatic carbocycles. The minimum Gasteiger partial charge on any atom is -0.481 e. The normalized spacial score (nSPS) is 11.7. The Morgan fingerprint density at radius 3 is 2.53 bits per heavy atom. The number of aliphatic carboxylic acids is 1. The molecule has 110 valence electrons. The van der Waals surface area contributed by atoms with Crippen molar-refractivity contribution in [3.63, 3.8) is 0 Å². The molecule has 1 unspecified atom stereocenters. The number of carbonyl (C=O) groups excluding carboxylic acids is 2. The van der Waals surface area contributed by atoms with Crippen molar-refractivity contribution in [1.82, 2.24) is 5.32 Å². The molecule has 0 heterocycles. The Bertz CT molecular complexity index is 305. The van der Waals surface area contributed by atoms with Crippen molar-refractivity contribution in [2.75, 3.05) is 33.5 Å². The summed E-state index contributed by atoms with van der Waals surface area (Å²) in [7, 11) is 1.36. The van der Waals surface area contributed by atoms with Gasteiger partial charge in [-0.05, 0) is 6.92 Å². The first kappa shape index (κ1) is 17.3. The highest BCUT2D eigenvalue weighted by molar-refractivity contribution is 5.81. The molecule has 1 amide bonds. The lowest BCUT2D eigenvalue weighted by molar-refractivity contribution is -0.157. The zero-order valence-corrected chi connectivity index (χ0v) is 11.0. The molecule has 0 aromatic rings. The largest absolute Gasteiger partial charge is 0.481 e. The molecule has 8 nitrogen and oxygen atoms in total. The van der Waals surface area contributed by atoms with E-state index < -0.39 is 23.9 Å². The van der Waals surface area contributed by atoms with Crippen molar-refractivity contribution in [3.8, 4) is 0 Å². The van der Waals surface area contributed by atoms with Crippen LogP contribution in [0.2, 0.25) is 0 Å². The zero-order valence-electron chi connectivity index (χ0n) is 11.0. The lowest BCUT2D eigenvalue weighted by atomic mass is 10.4. The van der Waals surface area contributed by atoms with Gasteiger partial charge in [-0.2, -0.15) is 0 Å². The van der Waals surface area contributed by atoms with Crippen LogP contribution in [0.4, 0.5) is 0 Å². The molecule has 2 N–H and O–H groups in total. The van der Waals surface area contributed by atoms with Gasteiger partial charge in [0.1, 0.15) is 0 Å². The molecule has 0 aliphatic rings. The fraction of sp³-hybridized carbons (Fsp3) is 0.727. The molecule has 0 aromatic carbocycles. The monoisotopic (exact) mass is 277 g/mol. The highest BCUT2D eigenvalue weighted by atomic mass is 16.6. The lowest BCUT2D eigenvalue weighted by Crippen LogP contribution is -2.33. The van der Waals surface area contributed by atoms with Crippen LogP contribution in [0, 0.1) is 0 Å². The summed E-state index contributed by atoms with van der Waals surface area (Å²) in [4.78, 5) is 32.5. The average Bonchev–Trinajstić information content (AvgIpc) is 2.38. The van der Waals surface area contributed by atoms with Crippen molar-refractivity contribution >= 4 is 17.8 Å². The van der Waals surface area contributed by atoms with Crippen LogP contribution in [0.3, 0.4) is 0 Å². The summed E-state index contributed by atoms with van der Waals surface area (Å²) in [6, 6.07) is 0. The standard InChI is InChI=1S/C11H19NO7/c1-8(17-2)11(16)19-7-9(13)12-4-6-18-5-3-10(14)15/h8H,3-7H2,1-2H3,(H,12,13)(H,14,15). The van der Waals surface area contributed by atoms with Crippen LogP contribution < -0.4 is 5.32 Å². The SMILES string of the molecule is COC(C)C(=O)OCC(=O)NCCOCCC(=O)O. The van der Waals surface area contributed by atoms with Gasteiger partial charge in [-0.1, -0.05) is 0 Å². The number of carboxylic acids is 1. The summed E-state index contributed by atoms with van der Waals surface area (Å²) in [5.41, 5.74) is 0. The van der Waals surface area contributed by atoms with E-state index in [1.807, 2.05) is 0 Å². The van der Waals surface area contributed by atoms with E-state index >= 15 is 0 Å². The van der Waals surface area contributed by atoms with Crippen LogP contribution in [0.15, 0.2) is 0 Å². The molecule has 8 heteroatoms. The van der Waals surface area contributed by atoms with E-state index in [2.05, 4.69) is 10.1 Å². The van der Waals surface area contributed by atoms with Crippen LogP contribution in [0.25, 0.3) is 0 Å². The van der Waals surface area contributed by atoms with E-state index in [0.717, 1.165) is 0 Å². The van der Waals surface area contributed by atoms with E-state index in [0.29, 0.717) is 0 Å². The summed E-state index contributed by atoms with van der Waals surface area (Å²) >= 11 is 0. The Morgan fingerprint density at radius 2 is 1.95 bits per heavy atom. The van der Waals surface area contributed by atoms with Crippen LogP contribution in [0.1, 0.15) is 13.3 Å². The summed E-state index contributed by atoms with van der Waals surface area (Å²) in [5, 5.41) is 10.8. The van der Waals surface area contributed by atoms with E-state index in [9.17, 15) is 14.4 Å². The van der Waals surface area contributed by atoms with Gasteiger partial charge < -0.3 is 24.6 Å². The number of amides is 1. The second-order valence-corrected chi connectivity index (χ2v) is 3.59. The number of methoxy groups -OCH3 is 1. The number of nitrogens with one attached hydrogen (secondary N) is 1. The van der Waals surface area contributed by atoms with Gasteiger partial charge in [0.15, 0.2) is 12.7 Å². The third-order valence-corrected chi connectivity index (χ3v) is 2.06. The van der Waals surface area contributed by atoms with Crippen molar-refractivity contribution in [1.29, 1.82) is 0 Å². The highest BCUT2D eigenvalue weighted by Gasteiger charge is 2.14. The van der Waals surface area contributed by atoms with E-state index in [-0.39, 0.29) is 32.8 Å². The molecular weight excluding hydrogens is 258 g/mol. The Morgan fingerprint density at radius 1 is 1.26 bits per heavy atom. The van der Waals surface area contributed by atoms with Gasteiger partial charge in [-0.25, -0.2) is 4.79 Å². The van der Waals surface area contributed by atoms with Crippen molar-refractivity contribution in [2.24, 2.45) is 0 Å². The third-order valence-electron chi connectivity index (χ3n) is 2.06. The van der Waals surface area contributed by atoms with E-state index in [1.165, 1.54) is 14.0 Å². The molecule has 0 spiro atoms. The number of carboxylic acid groups (broad SMARTS) is 1. The Balaban J connectivity index is 3.50. The van der Waals surface area contributed by atoms with Crippen LogP contribution in [-0.4, -0.2) is 62.5 Å². The lowest BCUT2D eigenvalue weighted by Gasteiger charge is -2.10. The average molecular weight is 277 g/mol. The first-order valence-electron chi connectivity index (χ1n) is 5.73. The molecule has 0 saturated carbocycles. The Hall–Kier alpha value is -1.67. The first-order chi connectivity index (χ1) is 8.97. The second kappa shape index (κ2) is 10.3. The van der Waals surface area contributed by atoms with Gasteiger partial charge in [-0.15, -0.1) is 0 Å². The minimum atomic E-state index is -0.941. The van der Waals surface area contributed by atoms with E-state index in [1.54, 1.807) is 0 Å². The van der Waals surface area contributed by atoms with Gasteiger partial charge >= 0.3 is 11.9 Å². The van der Waals surface area contributed by atoms with Gasteiger partial charge in [0.05, 0.1) is 19.6 Å². The van der Waals surface area contributed by atoms with Gasteiger partial charge in [0.25, 0.3) is 5.91 Å². The highest BCUT2D eigenvalue weighted by Crippen LogP contribution is 1.91. The maximum Gasteiger partial charge on any atom is 0.335 e. The fourth-order valence-electron chi connectivity index (χ4n) is 0.925. The number of hydrogen-bond acceptors (Lipinski definition) is 6. The number of carbonyl (C=O) groups is 3. The zero-order chi connectivity index (χ0) is 14.7. The maximum atomic E-state index is 11.2. The molecule has 0 saturated heterocycles. The summed E-state index contributed by atoms with van der Waals surface area (Å²) in [5.74, 6) is -2.02. The van der Waals surface area contributed by atoms with Crippen molar-refractivity contribution in [3.05, 3.63) is 0 Å². The summed E-state index contributed by atoms with van der Waals surface area (Å²) < 4.78 is 14.3. The molecule has 0 rings (SSSR count). The fourth-order valence-corrected chi connectivity index (χ4v) is 0.925. The smallest absolute Gasteiger partial charge is 0.335 e. The summed E-state index contributed by atoms with van der Waals surface area (Å²) in [6.45, 7) is 1.63. The predicted molar refractivity (Wildman–Crippen MR) is 63.5 cm³/mol. The van der Waals surface area contributed by atoms with E-state index in [4.69, 9.17) is 14.6 Å². The molecule has 0 bridgehead atoms. The molecule has 0 radical (unpaired) electrons. The molecule has 0 aromatic heterocycles. The predicted octanol–water partition coefficient (Wildman–Crippen LogP) is -0.828. The topological polar surface area (TPSA) is 111 Å². The minimum absolute atomic E-state index is 0.0829. The number of rotatable bonds is 10. The van der Waals surface area contributed by atoms with Crippen LogP contribution >= 0.6 is 0 Å². The van der Waals surface area contributed by atoms with Crippen LogP contribution in [-0.2, 0) is 28.6 Å². The molecular formula is C11H19NO7. The first-order valence-corrected chi connectivity index (χ1v) is 5.73. The second-order valence-electron chi connectivity index (χ2n) is 3.59. The summed E-state index contributed by atoms with van der Waals surface area (Å²) in [6.07, 6.45) is -0.798. The van der Waals surface area contributed by atoms with Crippen LogP contribution in [0.5, 0.6) is 0 Å². The number of esters is 1. The molecule has 0 aliphatic heterocycles. The van der Waals surface area contributed by atoms with Gasteiger partial charge in [-0.3, -0.25) is 9.59 Å². The number of ether oxygens (including phenoxy) is 3. The van der Waals surface area contributed by atoms with Crippen molar-refractivity contribution < 1.29 is 33.7 Å². The Labute approximate surface area is 111 Å². The third kappa shape index (κ3) is 9.98. The Kier molecular flexibility index (Phi) is 9.37.